The first-order valence-corrected chi connectivity index (χ1v) is 8.59. The predicted octanol–water partition coefficient (Wildman–Crippen LogP) is 2.53. The van der Waals surface area contributed by atoms with Gasteiger partial charge in [0.05, 0.1) is 12.3 Å². The molecule has 0 amide bonds. The molecule has 0 bridgehead atoms. The van der Waals surface area contributed by atoms with Gasteiger partial charge in [0.2, 0.25) is 0 Å². The summed E-state index contributed by atoms with van der Waals surface area (Å²) in [6.07, 6.45) is 4.44. The van der Waals surface area contributed by atoms with Gasteiger partial charge in [-0.05, 0) is 39.5 Å². The predicted molar refractivity (Wildman–Crippen MR) is 105 cm³/mol. The van der Waals surface area contributed by atoms with Gasteiger partial charge in [0.15, 0.2) is 5.96 Å². The second-order valence-electron chi connectivity index (χ2n) is 6.85. The van der Waals surface area contributed by atoms with Crippen LogP contribution in [0.5, 0.6) is 0 Å². The van der Waals surface area contributed by atoms with Gasteiger partial charge in [0.1, 0.15) is 5.76 Å². The largest absolute Gasteiger partial charge is 0.381 e. The van der Waals surface area contributed by atoms with Crippen LogP contribution >= 0.6 is 24.0 Å². The Morgan fingerprint density at radius 3 is 2.83 bits per heavy atom. The number of aliphatic imine (C=N–C) groups is 1. The van der Waals surface area contributed by atoms with Gasteiger partial charge >= 0.3 is 0 Å². The molecule has 136 valence electrons. The standard InChI is InChI=1S/C17H28N4O2.HI/c1-13-15(14(2)23-20-13)5-4-8-19-16(18-3)21-9-6-17(11-21)7-10-22-12-17;/h4-12H2,1-3H3,(H,18,19);1H. The van der Waals surface area contributed by atoms with Crippen molar-refractivity contribution < 1.29 is 9.26 Å². The third-order valence-electron chi connectivity index (χ3n) is 5.20. The molecule has 0 saturated carbocycles. The highest BCUT2D eigenvalue weighted by Crippen LogP contribution is 2.38. The maximum absolute atomic E-state index is 5.60. The van der Waals surface area contributed by atoms with E-state index in [0.29, 0.717) is 5.41 Å². The van der Waals surface area contributed by atoms with Crippen LogP contribution in [0.1, 0.15) is 36.3 Å². The topological polar surface area (TPSA) is 62.9 Å². The highest BCUT2D eigenvalue weighted by atomic mass is 127. The molecule has 7 heteroatoms. The molecular weight excluding hydrogens is 419 g/mol. The molecule has 2 saturated heterocycles. The number of halogens is 1. The van der Waals surface area contributed by atoms with Gasteiger partial charge in [-0.2, -0.15) is 0 Å². The molecule has 1 aromatic heterocycles. The van der Waals surface area contributed by atoms with Crippen molar-refractivity contribution >= 4 is 29.9 Å². The summed E-state index contributed by atoms with van der Waals surface area (Å²) < 4.78 is 10.8. The normalized spacial score (nSPS) is 23.8. The monoisotopic (exact) mass is 448 g/mol. The number of hydrogen-bond acceptors (Lipinski definition) is 4. The molecule has 3 heterocycles. The molecular formula is C17H29IN4O2. The first-order valence-electron chi connectivity index (χ1n) is 8.59. The number of guanidine groups is 1. The molecule has 2 aliphatic heterocycles. The van der Waals surface area contributed by atoms with Crippen molar-refractivity contribution in [1.29, 1.82) is 0 Å². The fourth-order valence-electron chi connectivity index (χ4n) is 3.74. The van der Waals surface area contributed by atoms with Crippen LogP contribution in [-0.2, 0) is 11.2 Å². The number of aryl methyl sites for hydroxylation is 2. The number of aromatic nitrogens is 1. The minimum Gasteiger partial charge on any atom is -0.381 e. The zero-order valence-electron chi connectivity index (χ0n) is 14.9. The molecule has 3 rings (SSSR count). The molecule has 1 aromatic rings. The Bertz CT molecular complexity index is 547. The summed E-state index contributed by atoms with van der Waals surface area (Å²) in [6, 6.07) is 0. The van der Waals surface area contributed by atoms with Gasteiger partial charge in [-0.25, -0.2) is 0 Å². The van der Waals surface area contributed by atoms with Crippen molar-refractivity contribution in [3.05, 3.63) is 17.0 Å². The van der Waals surface area contributed by atoms with E-state index in [1.807, 2.05) is 20.9 Å². The molecule has 1 unspecified atom stereocenters. The van der Waals surface area contributed by atoms with Crippen LogP contribution in [0, 0.1) is 19.3 Å². The summed E-state index contributed by atoms with van der Waals surface area (Å²) in [5.74, 6) is 1.96. The van der Waals surface area contributed by atoms with E-state index >= 15 is 0 Å². The van der Waals surface area contributed by atoms with Crippen molar-refractivity contribution in [1.82, 2.24) is 15.4 Å². The molecule has 0 aromatic carbocycles. The lowest BCUT2D eigenvalue weighted by atomic mass is 9.87. The Hall–Kier alpha value is -0.830. The smallest absolute Gasteiger partial charge is 0.193 e. The van der Waals surface area contributed by atoms with Gasteiger partial charge in [0.25, 0.3) is 0 Å². The quantitative estimate of drug-likeness (QED) is 0.332. The van der Waals surface area contributed by atoms with Crippen molar-refractivity contribution in [2.24, 2.45) is 10.4 Å². The van der Waals surface area contributed by atoms with E-state index in [9.17, 15) is 0 Å². The zero-order chi connectivity index (χ0) is 16.3. The van der Waals surface area contributed by atoms with Crippen molar-refractivity contribution in [2.75, 3.05) is 39.9 Å². The van der Waals surface area contributed by atoms with E-state index in [1.165, 1.54) is 18.4 Å². The van der Waals surface area contributed by atoms with Gasteiger partial charge in [0, 0.05) is 44.3 Å². The number of nitrogens with zero attached hydrogens (tertiary/aromatic N) is 3. The van der Waals surface area contributed by atoms with Crippen LogP contribution in [0.4, 0.5) is 0 Å². The summed E-state index contributed by atoms with van der Waals surface area (Å²) in [6.45, 7) is 8.87. The fourth-order valence-corrected chi connectivity index (χ4v) is 3.74. The Morgan fingerprint density at radius 2 is 2.21 bits per heavy atom. The van der Waals surface area contributed by atoms with E-state index in [0.717, 1.165) is 63.1 Å². The van der Waals surface area contributed by atoms with Crippen LogP contribution in [0.25, 0.3) is 0 Å². The molecule has 0 radical (unpaired) electrons. The summed E-state index contributed by atoms with van der Waals surface area (Å²) >= 11 is 0. The summed E-state index contributed by atoms with van der Waals surface area (Å²) in [4.78, 5) is 6.83. The number of likely N-dealkylation sites (tertiary alicyclic amines) is 1. The first-order chi connectivity index (χ1) is 11.1. The molecule has 6 nitrogen and oxygen atoms in total. The minimum absolute atomic E-state index is 0. The number of ether oxygens (including phenoxy) is 1. The number of rotatable bonds is 4. The van der Waals surface area contributed by atoms with E-state index in [4.69, 9.17) is 9.26 Å². The second-order valence-corrected chi connectivity index (χ2v) is 6.85. The molecule has 1 N–H and O–H groups in total. The van der Waals surface area contributed by atoms with Crippen molar-refractivity contribution in [2.45, 2.75) is 39.5 Å². The Labute approximate surface area is 161 Å². The van der Waals surface area contributed by atoms with Gasteiger partial charge in [-0.1, -0.05) is 5.16 Å². The van der Waals surface area contributed by atoms with Crippen LogP contribution < -0.4 is 5.32 Å². The fraction of sp³-hybridized carbons (Fsp3) is 0.765. The van der Waals surface area contributed by atoms with Crippen LogP contribution in [-0.4, -0.2) is 55.9 Å². The maximum Gasteiger partial charge on any atom is 0.193 e. The number of nitrogens with one attached hydrogen (secondary N) is 1. The second kappa shape index (κ2) is 8.51. The summed E-state index contributed by atoms with van der Waals surface area (Å²) in [5.41, 5.74) is 2.62. The third kappa shape index (κ3) is 4.22. The van der Waals surface area contributed by atoms with E-state index < -0.39 is 0 Å². The van der Waals surface area contributed by atoms with Gasteiger partial charge < -0.3 is 19.5 Å². The van der Waals surface area contributed by atoms with Crippen molar-refractivity contribution in [3.63, 3.8) is 0 Å². The number of hydrogen-bond donors (Lipinski definition) is 1. The lowest BCUT2D eigenvalue weighted by molar-refractivity contribution is 0.156. The molecule has 2 fully saturated rings. The highest BCUT2D eigenvalue weighted by Gasteiger charge is 2.42. The Balaban J connectivity index is 0.00000208. The SMILES string of the molecule is CN=C(NCCCc1c(C)noc1C)N1CCC2(CCOC2)C1.I. The average molecular weight is 448 g/mol. The summed E-state index contributed by atoms with van der Waals surface area (Å²) in [5, 5.41) is 7.51. The van der Waals surface area contributed by atoms with E-state index in [-0.39, 0.29) is 24.0 Å². The average Bonchev–Trinajstić information content (AvgIpc) is 3.25. The maximum atomic E-state index is 5.60. The lowest BCUT2D eigenvalue weighted by Crippen LogP contribution is -2.41. The Morgan fingerprint density at radius 1 is 1.38 bits per heavy atom. The molecule has 24 heavy (non-hydrogen) atoms. The Kier molecular flexibility index (Phi) is 6.91. The third-order valence-corrected chi connectivity index (χ3v) is 5.20. The highest BCUT2D eigenvalue weighted by molar-refractivity contribution is 14.0. The van der Waals surface area contributed by atoms with E-state index in [1.54, 1.807) is 0 Å². The van der Waals surface area contributed by atoms with Gasteiger partial charge in [-0.3, -0.25) is 4.99 Å². The zero-order valence-corrected chi connectivity index (χ0v) is 17.3. The van der Waals surface area contributed by atoms with Crippen LogP contribution in [0.15, 0.2) is 9.52 Å². The summed E-state index contributed by atoms with van der Waals surface area (Å²) in [7, 11) is 1.87. The van der Waals surface area contributed by atoms with Crippen LogP contribution in [0.2, 0.25) is 0 Å². The van der Waals surface area contributed by atoms with Gasteiger partial charge in [-0.15, -0.1) is 24.0 Å². The molecule has 1 spiro atoms. The van der Waals surface area contributed by atoms with Crippen LogP contribution in [0.3, 0.4) is 0 Å². The lowest BCUT2D eigenvalue weighted by Gasteiger charge is -2.24. The minimum atomic E-state index is 0. The molecule has 1 atom stereocenters. The van der Waals surface area contributed by atoms with E-state index in [2.05, 4.69) is 20.4 Å². The first kappa shape index (κ1) is 19.5. The molecule has 0 aliphatic carbocycles. The molecule has 2 aliphatic rings. The van der Waals surface area contributed by atoms with Crippen molar-refractivity contribution in [3.8, 4) is 0 Å².